The van der Waals surface area contributed by atoms with Gasteiger partial charge in [0.2, 0.25) is 0 Å². The van der Waals surface area contributed by atoms with Gasteiger partial charge in [0.15, 0.2) is 18.3 Å². The predicted molar refractivity (Wildman–Crippen MR) is 70.0 cm³/mol. The Morgan fingerprint density at radius 1 is 1.28 bits per heavy atom. The van der Waals surface area contributed by atoms with Crippen molar-refractivity contribution in [1.82, 2.24) is 5.32 Å². The van der Waals surface area contributed by atoms with Crippen LogP contribution in [-0.4, -0.2) is 26.6 Å². The van der Waals surface area contributed by atoms with Gasteiger partial charge in [0, 0.05) is 19.2 Å². The summed E-state index contributed by atoms with van der Waals surface area (Å²) in [5.41, 5.74) is 1.21. The Kier molecular flexibility index (Phi) is 4.84. The molecule has 0 spiro atoms. The number of methoxy groups -OCH3 is 1. The topological polar surface area (TPSA) is 39.7 Å². The van der Waals surface area contributed by atoms with Crippen LogP contribution in [0.2, 0.25) is 0 Å². The first-order valence-corrected chi connectivity index (χ1v) is 6.44. The van der Waals surface area contributed by atoms with Crippen molar-refractivity contribution in [2.45, 2.75) is 32.4 Å². The molecule has 1 aromatic rings. The van der Waals surface area contributed by atoms with Crippen LogP contribution in [0.15, 0.2) is 18.2 Å². The van der Waals surface area contributed by atoms with E-state index in [9.17, 15) is 0 Å². The molecule has 0 radical (unpaired) electrons. The molecule has 18 heavy (non-hydrogen) atoms. The quantitative estimate of drug-likeness (QED) is 0.568. The molecule has 0 aliphatic heterocycles. The first-order valence-electron chi connectivity index (χ1n) is 6.44. The highest BCUT2D eigenvalue weighted by molar-refractivity contribution is 5.42. The zero-order valence-corrected chi connectivity index (χ0v) is 11.1. The number of hydrogen-bond acceptors (Lipinski definition) is 4. The summed E-state index contributed by atoms with van der Waals surface area (Å²) < 4.78 is 16.0. The van der Waals surface area contributed by atoms with Crippen LogP contribution in [0, 0.1) is 0 Å². The molecule has 1 saturated carbocycles. The third-order valence-electron chi connectivity index (χ3n) is 2.90. The molecule has 0 atom stereocenters. The fourth-order valence-electron chi connectivity index (χ4n) is 1.68. The largest absolute Gasteiger partial charge is 0.493 e. The Balaban J connectivity index is 1.92. The monoisotopic (exact) mass is 251 g/mol. The van der Waals surface area contributed by atoms with Crippen molar-refractivity contribution in [3.05, 3.63) is 23.8 Å². The van der Waals surface area contributed by atoms with Crippen molar-refractivity contribution in [3.63, 3.8) is 0 Å². The third kappa shape index (κ3) is 3.89. The SMILES string of the molecule is CCOCOc1ccc(CNC2CC2)cc1OC. The van der Waals surface area contributed by atoms with Crippen LogP contribution in [-0.2, 0) is 11.3 Å². The van der Waals surface area contributed by atoms with Crippen molar-refractivity contribution in [2.24, 2.45) is 0 Å². The molecule has 0 amide bonds. The van der Waals surface area contributed by atoms with E-state index >= 15 is 0 Å². The molecule has 1 aromatic carbocycles. The number of ether oxygens (including phenoxy) is 3. The Hall–Kier alpha value is -1.26. The van der Waals surface area contributed by atoms with Crippen molar-refractivity contribution < 1.29 is 14.2 Å². The highest BCUT2D eigenvalue weighted by Gasteiger charge is 2.20. The van der Waals surface area contributed by atoms with E-state index in [4.69, 9.17) is 14.2 Å². The third-order valence-corrected chi connectivity index (χ3v) is 2.90. The van der Waals surface area contributed by atoms with Gasteiger partial charge in [-0.15, -0.1) is 0 Å². The van der Waals surface area contributed by atoms with Gasteiger partial charge in [0.1, 0.15) is 0 Å². The average molecular weight is 251 g/mol. The lowest BCUT2D eigenvalue weighted by Crippen LogP contribution is -2.15. The summed E-state index contributed by atoms with van der Waals surface area (Å²) in [6.45, 7) is 3.72. The van der Waals surface area contributed by atoms with E-state index in [0.717, 1.165) is 18.0 Å². The smallest absolute Gasteiger partial charge is 0.189 e. The second-order valence-corrected chi connectivity index (χ2v) is 4.40. The van der Waals surface area contributed by atoms with E-state index in [1.807, 2.05) is 19.1 Å². The van der Waals surface area contributed by atoms with E-state index in [0.29, 0.717) is 12.6 Å². The molecule has 1 fully saturated rings. The molecule has 0 heterocycles. The number of hydrogen-bond donors (Lipinski definition) is 1. The van der Waals surface area contributed by atoms with E-state index in [1.165, 1.54) is 18.4 Å². The minimum absolute atomic E-state index is 0.256. The van der Waals surface area contributed by atoms with Gasteiger partial charge in [-0.3, -0.25) is 0 Å². The Labute approximate surface area is 108 Å². The standard InChI is InChI=1S/C14H21NO3/c1-3-17-10-18-13-7-4-11(8-14(13)16-2)9-15-12-5-6-12/h4,7-8,12,15H,3,5-6,9-10H2,1-2H3. The molecular weight excluding hydrogens is 230 g/mol. The molecule has 1 aliphatic rings. The van der Waals surface area contributed by atoms with Crippen LogP contribution in [0.1, 0.15) is 25.3 Å². The van der Waals surface area contributed by atoms with E-state index in [1.54, 1.807) is 7.11 Å². The van der Waals surface area contributed by atoms with Crippen LogP contribution >= 0.6 is 0 Å². The lowest BCUT2D eigenvalue weighted by molar-refractivity contribution is 0.0209. The molecule has 0 aromatic heterocycles. The first kappa shape index (κ1) is 13.2. The maximum Gasteiger partial charge on any atom is 0.189 e. The number of nitrogens with one attached hydrogen (secondary N) is 1. The molecule has 0 bridgehead atoms. The molecule has 2 rings (SSSR count). The van der Waals surface area contributed by atoms with Crippen molar-refractivity contribution in [3.8, 4) is 11.5 Å². The van der Waals surface area contributed by atoms with Crippen molar-refractivity contribution >= 4 is 0 Å². The highest BCUT2D eigenvalue weighted by atomic mass is 16.7. The minimum atomic E-state index is 0.256. The van der Waals surface area contributed by atoms with E-state index < -0.39 is 0 Å². The van der Waals surface area contributed by atoms with Crippen LogP contribution < -0.4 is 14.8 Å². The van der Waals surface area contributed by atoms with Gasteiger partial charge >= 0.3 is 0 Å². The normalized spacial score (nSPS) is 14.6. The molecular formula is C14H21NO3. The molecule has 4 nitrogen and oxygen atoms in total. The second-order valence-electron chi connectivity index (χ2n) is 4.40. The van der Waals surface area contributed by atoms with Crippen LogP contribution in [0.3, 0.4) is 0 Å². The Morgan fingerprint density at radius 2 is 2.11 bits per heavy atom. The summed E-state index contributed by atoms with van der Waals surface area (Å²) in [5, 5.41) is 3.47. The first-order chi connectivity index (χ1) is 8.83. The van der Waals surface area contributed by atoms with Crippen LogP contribution in [0.4, 0.5) is 0 Å². The van der Waals surface area contributed by atoms with E-state index in [-0.39, 0.29) is 6.79 Å². The Bertz CT molecular complexity index is 377. The van der Waals surface area contributed by atoms with Gasteiger partial charge in [-0.05, 0) is 37.5 Å². The minimum Gasteiger partial charge on any atom is -0.493 e. The molecule has 1 aliphatic carbocycles. The zero-order valence-electron chi connectivity index (χ0n) is 11.1. The zero-order chi connectivity index (χ0) is 12.8. The van der Waals surface area contributed by atoms with Crippen molar-refractivity contribution in [2.75, 3.05) is 20.5 Å². The highest BCUT2D eigenvalue weighted by Crippen LogP contribution is 2.28. The number of benzene rings is 1. The lowest BCUT2D eigenvalue weighted by atomic mass is 10.2. The summed E-state index contributed by atoms with van der Waals surface area (Å²) in [6.07, 6.45) is 2.60. The van der Waals surface area contributed by atoms with Crippen LogP contribution in [0.25, 0.3) is 0 Å². The fraction of sp³-hybridized carbons (Fsp3) is 0.571. The van der Waals surface area contributed by atoms with E-state index in [2.05, 4.69) is 11.4 Å². The van der Waals surface area contributed by atoms with Gasteiger partial charge < -0.3 is 19.5 Å². The lowest BCUT2D eigenvalue weighted by Gasteiger charge is -2.12. The van der Waals surface area contributed by atoms with Gasteiger partial charge in [-0.1, -0.05) is 6.07 Å². The van der Waals surface area contributed by atoms with Crippen molar-refractivity contribution in [1.29, 1.82) is 0 Å². The molecule has 0 saturated heterocycles. The van der Waals surface area contributed by atoms with Crippen LogP contribution in [0.5, 0.6) is 11.5 Å². The average Bonchev–Trinajstić information content (AvgIpc) is 3.21. The molecule has 4 heteroatoms. The summed E-state index contributed by atoms with van der Waals surface area (Å²) in [6, 6.07) is 6.71. The number of rotatable bonds is 8. The van der Waals surface area contributed by atoms with Gasteiger partial charge in [0.25, 0.3) is 0 Å². The predicted octanol–water partition coefficient (Wildman–Crippen LogP) is 2.32. The summed E-state index contributed by atoms with van der Waals surface area (Å²) in [7, 11) is 1.65. The maximum absolute atomic E-state index is 5.49. The van der Waals surface area contributed by atoms with Gasteiger partial charge in [0.05, 0.1) is 7.11 Å². The Morgan fingerprint density at radius 3 is 2.78 bits per heavy atom. The fourth-order valence-corrected chi connectivity index (χ4v) is 1.68. The van der Waals surface area contributed by atoms with Gasteiger partial charge in [-0.25, -0.2) is 0 Å². The molecule has 1 N–H and O–H groups in total. The second kappa shape index (κ2) is 6.61. The molecule has 100 valence electrons. The summed E-state index contributed by atoms with van der Waals surface area (Å²) >= 11 is 0. The van der Waals surface area contributed by atoms with Gasteiger partial charge in [-0.2, -0.15) is 0 Å². The summed E-state index contributed by atoms with van der Waals surface area (Å²) in [4.78, 5) is 0. The molecule has 0 unspecified atom stereocenters. The summed E-state index contributed by atoms with van der Waals surface area (Å²) in [5.74, 6) is 1.48. The maximum atomic E-state index is 5.49.